The number of rotatable bonds is 11. The third-order valence-electron chi connectivity index (χ3n) is 4.99. The molecule has 10 heteroatoms. The van der Waals surface area contributed by atoms with Gasteiger partial charge in [0.1, 0.15) is 5.75 Å². The topological polar surface area (TPSA) is 128 Å². The third kappa shape index (κ3) is 6.85. The number of hydrogen-bond donors (Lipinski definition) is 5. The maximum Gasteiger partial charge on any atom is 0.336 e. The second-order valence-electron chi connectivity index (χ2n) is 7.34. The Morgan fingerprint density at radius 2 is 1.82 bits per heavy atom. The van der Waals surface area contributed by atoms with Crippen LogP contribution in [0.15, 0.2) is 36.4 Å². The standard InChI is InChI=1S/C23H26Cl2N2O6/c1-12(8-13-4-6-14(33-3)7-5-13)27-11-18(28)15-9-17(24)22(26-2)21(25)20(15)16(23(31)32)10-19(29)30/h4-7,9-10,12,18,26-28H,8,11H2,1-3H3,(H,29,30)(H,31,32)/b16-10-. The normalized spacial score (nSPS) is 13.3. The Bertz CT molecular complexity index is 1040. The highest BCUT2D eigenvalue weighted by Crippen LogP contribution is 2.41. The van der Waals surface area contributed by atoms with Crippen LogP contribution in [0.2, 0.25) is 10.0 Å². The lowest BCUT2D eigenvalue weighted by Gasteiger charge is -2.22. The molecule has 0 radical (unpaired) electrons. The first-order valence-electron chi connectivity index (χ1n) is 10.0. The van der Waals surface area contributed by atoms with Gasteiger partial charge in [-0.3, -0.25) is 0 Å². The molecular weight excluding hydrogens is 471 g/mol. The summed E-state index contributed by atoms with van der Waals surface area (Å²) in [4.78, 5) is 23.0. The molecule has 0 saturated heterocycles. The summed E-state index contributed by atoms with van der Waals surface area (Å²) in [6.45, 7) is 1.99. The van der Waals surface area contributed by atoms with Crippen molar-refractivity contribution in [3.05, 3.63) is 63.1 Å². The Morgan fingerprint density at radius 3 is 2.33 bits per heavy atom. The van der Waals surface area contributed by atoms with E-state index in [2.05, 4.69) is 10.6 Å². The summed E-state index contributed by atoms with van der Waals surface area (Å²) >= 11 is 12.7. The van der Waals surface area contributed by atoms with Gasteiger partial charge in [-0.15, -0.1) is 0 Å². The van der Waals surface area contributed by atoms with Gasteiger partial charge < -0.3 is 30.7 Å². The lowest BCUT2D eigenvalue weighted by molar-refractivity contribution is -0.133. The summed E-state index contributed by atoms with van der Waals surface area (Å²) in [7, 11) is 3.13. The molecule has 0 aliphatic rings. The molecule has 0 fully saturated rings. The van der Waals surface area contributed by atoms with Crippen LogP contribution in [0.1, 0.15) is 29.7 Å². The largest absolute Gasteiger partial charge is 0.497 e. The zero-order chi connectivity index (χ0) is 24.7. The fraction of sp³-hybridized carbons (Fsp3) is 0.304. The molecule has 2 atom stereocenters. The summed E-state index contributed by atoms with van der Waals surface area (Å²) in [5, 5.41) is 35.6. The van der Waals surface area contributed by atoms with Gasteiger partial charge in [-0.1, -0.05) is 35.3 Å². The molecule has 2 aromatic carbocycles. The molecule has 0 saturated carbocycles. The van der Waals surface area contributed by atoms with E-state index in [-0.39, 0.29) is 39.4 Å². The molecule has 0 heterocycles. The zero-order valence-corrected chi connectivity index (χ0v) is 19.9. The molecule has 2 rings (SSSR count). The minimum absolute atomic E-state index is 0.0347. The molecule has 2 unspecified atom stereocenters. The Kier molecular flexibility index (Phi) is 9.55. The number of carboxylic acids is 2. The number of carboxylic acid groups (broad SMARTS) is 2. The second kappa shape index (κ2) is 11.9. The van der Waals surface area contributed by atoms with Gasteiger partial charge in [0.25, 0.3) is 0 Å². The van der Waals surface area contributed by atoms with E-state index < -0.39 is 23.6 Å². The van der Waals surface area contributed by atoms with Crippen LogP contribution in [0.3, 0.4) is 0 Å². The Labute approximate surface area is 201 Å². The molecule has 0 aromatic heterocycles. The van der Waals surface area contributed by atoms with Crippen LogP contribution in [0.4, 0.5) is 5.69 Å². The van der Waals surface area contributed by atoms with Crippen molar-refractivity contribution in [3.63, 3.8) is 0 Å². The van der Waals surface area contributed by atoms with Crippen molar-refractivity contribution in [2.24, 2.45) is 0 Å². The molecule has 33 heavy (non-hydrogen) atoms. The van der Waals surface area contributed by atoms with Crippen LogP contribution in [0.5, 0.6) is 5.75 Å². The van der Waals surface area contributed by atoms with Gasteiger partial charge in [-0.2, -0.15) is 0 Å². The van der Waals surface area contributed by atoms with Gasteiger partial charge >= 0.3 is 11.9 Å². The maximum absolute atomic E-state index is 11.8. The van der Waals surface area contributed by atoms with Crippen molar-refractivity contribution < 1.29 is 29.6 Å². The van der Waals surface area contributed by atoms with Gasteiger partial charge in [0.05, 0.1) is 34.5 Å². The Morgan fingerprint density at radius 1 is 1.18 bits per heavy atom. The average Bonchev–Trinajstić information content (AvgIpc) is 2.76. The second-order valence-corrected chi connectivity index (χ2v) is 8.13. The molecule has 0 aliphatic carbocycles. The van der Waals surface area contributed by atoms with Crippen LogP contribution >= 0.6 is 23.2 Å². The molecule has 2 aromatic rings. The summed E-state index contributed by atoms with van der Waals surface area (Å²) in [6, 6.07) is 8.95. The maximum atomic E-state index is 11.8. The van der Waals surface area contributed by atoms with E-state index >= 15 is 0 Å². The number of halogens is 2. The van der Waals surface area contributed by atoms with E-state index in [1.165, 1.54) is 13.1 Å². The first kappa shape index (κ1) is 26.5. The quantitative estimate of drug-likeness (QED) is 0.296. The minimum atomic E-state index is -1.50. The third-order valence-corrected chi connectivity index (χ3v) is 5.66. The number of aliphatic carboxylic acids is 2. The van der Waals surface area contributed by atoms with Crippen molar-refractivity contribution in [2.75, 3.05) is 26.0 Å². The first-order valence-corrected chi connectivity index (χ1v) is 10.8. The number of ether oxygens (including phenoxy) is 1. The number of carbonyl (C=O) groups is 2. The first-order chi connectivity index (χ1) is 15.6. The van der Waals surface area contributed by atoms with E-state index in [0.29, 0.717) is 12.5 Å². The van der Waals surface area contributed by atoms with Gasteiger partial charge in [0.15, 0.2) is 0 Å². The number of aliphatic hydroxyl groups is 1. The van der Waals surface area contributed by atoms with E-state index in [0.717, 1.165) is 11.3 Å². The molecule has 0 bridgehead atoms. The van der Waals surface area contributed by atoms with Gasteiger partial charge in [-0.05, 0) is 42.7 Å². The van der Waals surface area contributed by atoms with Crippen LogP contribution in [-0.2, 0) is 16.0 Å². The highest BCUT2D eigenvalue weighted by molar-refractivity contribution is 6.41. The van der Waals surface area contributed by atoms with E-state index in [1.807, 2.05) is 31.2 Å². The zero-order valence-electron chi connectivity index (χ0n) is 18.4. The number of anilines is 1. The Hall–Kier alpha value is -2.78. The molecule has 0 aliphatic heterocycles. The molecule has 178 valence electrons. The fourth-order valence-corrected chi connectivity index (χ4v) is 4.14. The monoisotopic (exact) mass is 496 g/mol. The lowest BCUT2D eigenvalue weighted by atomic mass is 9.94. The van der Waals surface area contributed by atoms with Gasteiger partial charge in [-0.25, -0.2) is 9.59 Å². The predicted octanol–water partition coefficient (Wildman–Crippen LogP) is 3.85. The number of hydrogen-bond acceptors (Lipinski definition) is 6. The van der Waals surface area contributed by atoms with E-state index in [1.54, 1.807) is 7.11 Å². The van der Waals surface area contributed by atoms with Crippen molar-refractivity contribution in [1.82, 2.24) is 5.32 Å². The lowest BCUT2D eigenvalue weighted by Crippen LogP contribution is -2.32. The van der Waals surface area contributed by atoms with Crippen LogP contribution in [0.25, 0.3) is 5.57 Å². The highest BCUT2D eigenvalue weighted by atomic mass is 35.5. The van der Waals surface area contributed by atoms with Crippen molar-refractivity contribution in [1.29, 1.82) is 0 Å². The summed E-state index contributed by atoms with van der Waals surface area (Å²) in [5.74, 6) is -2.21. The molecule has 8 nitrogen and oxygen atoms in total. The van der Waals surface area contributed by atoms with Crippen LogP contribution in [-0.4, -0.2) is 54.0 Å². The van der Waals surface area contributed by atoms with Gasteiger partial charge in [0.2, 0.25) is 0 Å². The predicted molar refractivity (Wildman–Crippen MR) is 128 cm³/mol. The molecule has 0 spiro atoms. The minimum Gasteiger partial charge on any atom is -0.497 e. The Balaban J connectivity index is 2.31. The van der Waals surface area contributed by atoms with E-state index in [9.17, 15) is 19.8 Å². The van der Waals surface area contributed by atoms with Crippen LogP contribution < -0.4 is 15.4 Å². The number of aliphatic hydroxyl groups excluding tert-OH is 1. The average molecular weight is 497 g/mol. The molecule has 5 N–H and O–H groups in total. The van der Waals surface area contributed by atoms with Crippen molar-refractivity contribution >= 4 is 46.4 Å². The van der Waals surface area contributed by atoms with Crippen molar-refractivity contribution in [3.8, 4) is 5.75 Å². The van der Waals surface area contributed by atoms with Gasteiger partial charge in [0, 0.05) is 31.3 Å². The summed E-state index contributed by atoms with van der Waals surface area (Å²) in [6.07, 6.45) is -0.00797. The number of nitrogens with one attached hydrogen (secondary N) is 2. The van der Waals surface area contributed by atoms with Crippen molar-refractivity contribution in [2.45, 2.75) is 25.5 Å². The summed E-state index contributed by atoms with van der Waals surface area (Å²) in [5.41, 5.74) is 0.706. The summed E-state index contributed by atoms with van der Waals surface area (Å²) < 4.78 is 5.15. The smallest absolute Gasteiger partial charge is 0.336 e. The number of methoxy groups -OCH3 is 1. The molecular formula is C23H26Cl2N2O6. The van der Waals surface area contributed by atoms with E-state index in [4.69, 9.17) is 33.0 Å². The fourth-order valence-electron chi connectivity index (χ4n) is 3.38. The number of benzene rings is 2. The highest BCUT2D eigenvalue weighted by Gasteiger charge is 2.26. The van der Waals surface area contributed by atoms with Crippen LogP contribution in [0, 0.1) is 0 Å². The SMILES string of the molecule is CNc1c(Cl)cc(C(O)CNC(C)Cc2ccc(OC)cc2)c(/C(=C/C(=O)O)C(=O)O)c1Cl. The molecule has 0 amide bonds.